The van der Waals surface area contributed by atoms with Crippen molar-refractivity contribution in [2.75, 3.05) is 6.61 Å². The second-order valence-electron chi connectivity index (χ2n) is 7.19. The van der Waals surface area contributed by atoms with Crippen molar-refractivity contribution in [2.24, 2.45) is 5.73 Å². The van der Waals surface area contributed by atoms with Crippen molar-refractivity contribution in [1.82, 2.24) is 19.9 Å². The highest BCUT2D eigenvalue weighted by Gasteiger charge is 2.28. The van der Waals surface area contributed by atoms with Gasteiger partial charge in [-0.05, 0) is 25.5 Å². The van der Waals surface area contributed by atoms with Gasteiger partial charge in [0.1, 0.15) is 6.04 Å². The third kappa shape index (κ3) is 5.38. The molecule has 0 aliphatic heterocycles. The molecule has 8 heteroatoms. The molecule has 3 aromatic rings. The Morgan fingerprint density at radius 1 is 1.24 bits per heavy atom. The quantitative estimate of drug-likeness (QED) is 0.533. The Morgan fingerprint density at radius 2 is 1.97 bits per heavy atom. The maximum absolute atomic E-state index is 12.5. The number of hydrogen-bond donors (Lipinski definition) is 3. The summed E-state index contributed by atoms with van der Waals surface area (Å²) in [4.78, 5) is 12.5. The maximum Gasteiger partial charge on any atom is 0.240 e. The van der Waals surface area contributed by atoms with Crippen LogP contribution in [0.15, 0.2) is 48.7 Å². The molecule has 0 spiro atoms. The van der Waals surface area contributed by atoms with Crippen LogP contribution in [-0.4, -0.2) is 37.8 Å². The monoisotopic (exact) mass is 399 g/mol. The number of carbonyl (C=O) groups is 1. The molecule has 0 bridgehead atoms. The third-order valence-electron chi connectivity index (χ3n) is 4.31. The second-order valence-corrected chi connectivity index (χ2v) is 7.19. The first-order valence-electron chi connectivity index (χ1n) is 9.05. The number of hydrogen-bond acceptors (Lipinski definition) is 6. The predicted molar refractivity (Wildman–Crippen MR) is 111 cm³/mol. The normalized spacial score (nSPS) is 12.4. The van der Waals surface area contributed by atoms with E-state index >= 15 is 0 Å². The number of nitrogens with two attached hydrogens (primary N) is 1. The van der Waals surface area contributed by atoms with Crippen LogP contribution < -0.4 is 11.1 Å². The highest BCUT2D eigenvalue weighted by molar-refractivity contribution is 5.85. The van der Waals surface area contributed by atoms with Crippen LogP contribution in [0.25, 0.3) is 5.65 Å². The fourth-order valence-electron chi connectivity index (χ4n) is 2.74. The Labute approximate surface area is 170 Å². The molecule has 0 unspecified atom stereocenters. The Morgan fingerprint density at radius 3 is 2.62 bits per heavy atom. The lowest BCUT2D eigenvalue weighted by Crippen LogP contribution is -2.50. The minimum atomic E-state index is -1.05. The molecule has 2 heterocycles. The predicted octanol–water partition coefficient (Wildman–Crippen LogP) is 1.97. The summed E-state index contributed by atoms with van der Waals surface area (Å²) in [5.41, 5.74) is 7.10. The molecule has 4 N–H and O–H groups in total. The van der Waals surface area contributed by atoms with E-state index in [-0.39, 0.29) is 26.5 Å². The first kappa shape index (κ1) is 22.5. The van der Waals surface area contributed by atoms with Gasteiger partial charge in [-0.25, -0.2) is 0 Å². The van der Waals surface area contributed by atoms with Gasteiger partial charge >= 0.3 is 0 Å². The number of pyridine rings is 1. The lowest BCUT2D eigenvalue weighted by atomic mass is 10.1. The van der Waals surface area contributed by atoms with Gasteiger partial charge in [0, 0.05) is 11.8 Å². The second kappa shape index (κ2) is 9.60. The minimum absolute atomic E-state index is 0. The highest BCUT2D eigenvalue weighted by Crippen LogP contribution is 2.18. The molecule has 1 atom stereocenters. The Kier molecular flexibility index (Phi) is 7.44. The van der Waals surface area contributed by atoms with Gasteiger partial charge in [0.05, 0.1) is 25.4 Å². The van der Waals surface area contributed by atoms with E-state index in [2.05, 4.69) is 15.5 Å². The molecule has 3 rings (SSSR count). The van der Waals surface area contributed by atoms with E-state index < -0.39 is 11.6 Å². The molecule has 156 valence electrons. The summed E-state index contributed by atoms with van der Waals surface area (Å²) in [6.45, 7) is 3.71. The van der Waals surface area contributed by atoms with Crippen molar-refractivity contribution in [1.29, 1.82) is 0 Å². The number of nitrogens with zero attached hydrogens (tertiary/aromatic N) is 3. The average molecular weight is 399 g/mol. The molecule has 0 aliphatic rings. The smallest absolute Gasteiger partial charge is 0.240 e. The summed E-state index contributed by atoms with van der Waals surface area (Å²) < 4.78 is 7.58. The summed E-state index contributed by atoms with van der Waals surface area (Å²) >= 11 is 0. The zero-order chi connectivity index (χ0) is 20.1. The zero-order valence-electron chi connectivity index (χ0n) is 16.0. The molecule has 0 radical (unpaired) electrons. The lowest BCUT2D eigenvalue weighted by Gasteiger charge is -2.23. The molecule has 1 aromatic carbocycles. The minimum Gasteiger partial charge on any atom is -0.392 e. The van der Waals surface area contributed by atoms with E-state index in [1.54, 1.807) is 36.6 Å². The summed E-state index contributed by atoms with van der Waals surface area (Å²) in [5, 5.41) is 20.8. The Hall–Kier alpha value is -2.81. The van der Waals surface area contributed by atoms with Crippen LogP contribution in [-0.2, 0) is 22.7 Å². The van der Waals surface area contributed by atoms with Gasteiger partial charge < -0.3 is 20.9 Å². The number of rotatable bonds is 8. The molecule has 0 saturated carbocycles. The largest absolute Gasteiger partial charge is 0.392 e. The molecular weight excluding hydrogens is 370 g/mol. The third-order valence-corrected chi connectivity index (χ3v) is 4.31. The van der Waals surface area contributed by atoms with Crippen molar-refractivity contribution < 1.29 is 14.6 Å². The summed E-state index contributed by atoms with van der Waals surface area (Å²) in [6, 6.07) is 12.8. The lowest BCUT2D eigenvalue weighted by molar-refractivity contribution is -0.126. The van der Waals surface area contributed by atoms with Gasteiger partial charge in [0.25, 0.3) is 0 Å². The molecule has 0 saturated heterocycles. The van der Waals surface area contributed by atoms with Crippen molar-refractivity contribution >= 4 is 11.6 Å². The molecule has 0 fully saturated rings. The topological polar surface area (TPSA) is 115 Å². The van der Waals surface area contributed by atoms with Crippen LogP contribution in [0.2, 0.25) is 0 Å². The number of ether oxygens (including phenoxy) is 1. The van der Waals surface area contributed by atoms with Crippen molar-refractivity contribution in [3.05, 3.63) is 65.6 Å². The van der Waals surface area contributed by atoms with E-state index in [1.165, 1.54) is 0 Å². The molecule has 2 aromatic heterocycles. The van der Waals surface area contributed by atoms with Crippen LogP contribution >= 0.6 is 0 Å². The summed E-state index contributed by atoms with van der Waals surface area (Å²) in [6.07, 6.45) is 1.79. The van der Waals surface area contributed by atoms with Crippen LogP contribution in [0.1, 0.15) is 44.3 Å². The number of aliphatic hydroxyl groups excluding tert-OH is 1. The van der Waals surface area contributed by atoms with Crippen LogP contribution in [0.5, 0.6) is 0 Å². The van der Waals surface area contributed by atoms with Crippen molar-refractivity contribution in [2.45, 2.75) is 46.1 Å². The first-order chi connectivity index (χ1) is 13.4. The Balaban J connectivity index is 0.00000300. The van der Waals surface area contributed by atoms with Crippen molar-refractivity contribution in [3.8, 4) is 0 Å². The van der Waals surface area contributed by atoms with Gasteiger partial charge in [0.2, 0.25) is 5.91 Å². The van der Waals surface area contributed by atoms with E-state index in [9.17, 15) is 9.90 Å². The maximum atomic E-state index is 12.5. The fraction of sp³-hybridized carbons (Fsp3) is 0.381. The SMILES string of the molecule is C.CC(C)(N)C(=O)N[C@H](COCc1ccccc1)c1nnc2c(CO)cccn12. The van der Waals surface area contributed by atoms with Gasteiger partial charge in [0.15, 0.2) is 11.5 Å². The van der Waals surface area contributed by atoms with Gasteiger partial charge in [-0.15, -0.1) is 10.2 Å². The number of nitrogens with one attached hydrogen (secondary N) is 1. The summed E-state index contributed by atoms with van der Waals surface area (Å²) in [7, 11) is 0. The number of fused-ring (bicyclic) bond motifs is 1. The number of carbonyl (C=O) groups excluding carboxylic acids is 1. The fourth-order valence-corrected chi connectivity index (χ4v) is 2.74. The first-order valence-corrected chi connectivity index (χ1v) is 9.05. The number of amides is 1. The van der Waals surface area contributed by atoms with E-state index in [4.69, 9.17) is 10.5 Å². The van der Waals surface area contributed by atoms with Gasteiger partial charge in [-0.3, -0.25) is 9.20 Å². The molecule has 1 amide bonds. The molecule has 8 nitrogen and oxygen atoms in total. The number of aliphatic hydroxyl groups is 1. The van der Waals surface area contributed by atoms with E-state index in [0.717, 1.165) is 5.56 Å². The highest BCUT2D eigenvalue weighted by atomic mass is 16.5. The van der Waals surface area contributed by atoms with Crippen LogP contribution in [0.4, 0.5) is 0 Å². The Bertz CT molecular complexity index is 934. The molecule has 29 heavy (non-hydrogen) atoms. The van der Waals surface area contributed by atoms with E-state index in [0.29, 0.717) is 23.6 Å². The zero-order valence-corrected chi connectivity index (χ0v) is 16.0. The molecular formula is C21H29N5O3. The number of benzene rings is 1. The standard InChI is InChI=1S/C20H25N5O3.CH4/c1-20(2,21)19(27)22-16(13-28-12-14-7-4-3-5-8-14)18-24-23-17-15(11-26)9-6-10-25(17)18;/h3-10,16,26H,11-13,21H2,1-2H3,(H,22,27);1H4/t16-;/m1./s1. The number of aromatic nitrogens is 3. The van der Waals surface area contributed by atoms with Crippen molar-refractivity contribution in [3.63, 3.8) is 0 Å². The van der Waals surface area contributed by atoms with Crippen LogP contribution in [0.3, 0.4) is 0 Å². The van der Waals surface area contributed by atoms with E-state index in [1.807, 2.05) is 30.3 Å². The van der Waals surface area contributed by atoms with Gasteiger partial charge in [-0.1, -0.05) is 43.8 Å². The van der Waals surface area contributed by atoms with Crippen LogP contribution in [0, 0.1) is 0 Å². The van der Waals surface area contributed by atoms with Gasteiger partial charge in [-0.2, -0.15) is 0 Å². The average Bonchev–Trinajstić information content (AvgIpc) is 3.11. The molecule has 0 aliphatic carbocycles. The summed E-state index contributed by atoms with van der Waals surface area (Å²) in [5.74, 6) is 0.187.